The summed E-state index contributed by atoms with van der Waals surface area (Å²) < 4.78 is 5.33. The third-order valence-electron chi connectivity index (χ3n) is 4.38. The van der Waals surface area contributed by atoms with Crippen LogP contribution in [0.1, 0.15) is 18.4 Å². The lowest BCUT2D eigenvalue weighted by Gasteiger charge is -2.28. The average Bonchev–Trinajstić information content (AvgIpc) is 2.99. The van der Waals surface area contributed by atoms with Crippen molar-refractivity contribution in [2.45, 2.75) is 36.8 Å². The summed E-state index contributed by atoms with van der Waals surface area (Å²) in [5, 5.41) is 21.1. The molecule has 0 bridgehead atoms. The summed E-state index contributed by atoms with van der Waals surface area (Å²) in [6.07, 6.45) is 0.0320. The van der Waals surface area contributed by atoms with Crippen molar-refractivity contribution < 1.29 is 19.6 Å². The third-order valence-corrected chi connectivity index (χ3v) is 4.76. The standard InChI is InChI=1S/C17H25N3O5S/c1-18(2)8-7-16(21)15-9-14(26)10-19(15)17(22)25-11-12-3-5-13(6-4-12)20(23)24/h3-6,14-16,21,26H,7-11H2,1-2H3/t14-,15-,16+/m0/s1. The highest BCUT2D eigenvalue weighted by Crippen LogP contribution is 2.26. The number of amides is 1. The molecule has 1 aliphatic rings. The van der Waals surface area contributed by atoms with Crippen LogP contribution < -0.4 is 0 Å². The van der Waals surface area contributed by atoms with Crippen LogP contribution in [0.25, 0.3) is 0 Å². The lowest BCUT2D eigenvalue weighted by atomic mass is 10.1. The van der Waals surface area contributed by atoms with Gasteiger partial charge in [-0.05, 0) is 44.6 Å². The van der Waals surface area contributed by atoms with Gasteiger partial charge in [-0.1, -0.05) is 0 Å². The fourth-order valence-corrected chi connectivity index (χ4v) is 3.33. The summed E-state index contributed by atoms with van der Waals surface area (Å²) in [4.78, 5) is 26.1. The number of benzene rings is 1. The number of carbonyl (C=O) groups is 1. The number of rotatable bonds is 7. The van der Waals surface area contributed by atoms with Gasteiger partial charge in [-0.3, -0.25) is 10.1 Å². The molecule has 26 heavy (non-hydrogen) atoms. The molecule has 144 valence electrons. The number of nitrogens with zero attached hydrogens (tertiary/aromatic N) is 3. The quantitative estimate of drug-likeness (QED) is 0.424. The van der Waals surface area contributed by atoms with Gasteiger partial charge in [-0.25, -0.2) is 4.79 Å². The molecule has 1 fully saturated rings. The fraction of sp³-hybridized carbons (Fsp3) is 0.588. The molecule has 0 radical (unpaired) electrons. The van der Waals surface area contributed by atoms with E-state index in [0.717, 1.165) is 6.54 Å². The van der Waals surface area contributed by atoms with E-state index in [1.165, 1.54) is 17.0 Å². The molecular formula is C17H25N3O5S. The van der Waals surface area contributed by atoms with E-state index >= 15 is 0 Å². The van der Waals surface area contributed by atoms with Gasteiger partial charge in [0, 0.05) is 30.5 Å². The minimum Gasteiger partial charge on any atom is -0.445 e. The number of aliphatic hydroxyl groups is 1. The van der Waals surface area contributed by atoms with Gasteiger partial charge in [0.05, 0.1) is 17.1 Å². The van der Waals surface area contributed by atoms with Crippen LogP contribution in [0.5, 0.6) is 0 Å². The molecule has 1 amide bonds. The van der Waals surface area contributed by atoms with Gasteiger partial charge in [-0.15, -0.1) is 0 Å². The van der Waals surface area contributed by atoms with Crippen molar-refractivity contribution in [3.05, 3.63) is 39.9 Å². The number of aliphatic hydroxyl groups excluding tert-OH is 1. The van der Waals surface area contributed by atoms with E-state index in [2.05, 4.69) is 12.6 Å². The number of non-ortho nitro benzene ring substituents is 1. The summed E-state index contributed by atoms with van der Waals surface area (Å²) in [6.45, 7) is 1.16. The van der Waals surface area contributed by atoms with E-state index in [9.17, 15) is 20.0 Å². The topological polar surface area (TPSA) is 96.2 Å². The smallest absolute Gasteiger partial charge is 0.410 e. The predicted octanol–water partition coefficient (Wildman–Crippen LogP) is 1.92. The van der Waals surface area contributed by atoms with Crippen molar-refractivity contribution in [2.24, 2.45) is 0 Å². The van der Waals surface area contributed by atoms with Gasteiger partial charge >= 0.3 is 6.09 Å². The third kappa shape index (κ3) is 5.58. The van der Waals surface area contributed by atoms with Gasteiger partial charge in [0.15, 0.2) is 0 Å². The van der Waals surface area contributed by atoms with Crippen LogP contribution in [-0.2, 0) is 11.3 Å². The molecule has 1 N–H and O–H groups in total. The van der Waals surface area contributed by atoms with Gasteiger partial charge in [0.25, 0.3) is 5.69 Å². The van der Waals surface area contributed by atoms with Crippen molar-refractivity contribution in [1.29, 1.82) is 0 Å². The van der Waals surface area contributed by atoms with Crippen molar-refractivity contribution >= 4 is 24.4 Å². The Hall–Kier alpha value is -1.84. The van der Waals surface area contributed by atoms with Crippen LogP contribution in [0.4, 0.5) is 10.5 Å². The number of likely N-dealkylation sites (tertiary alicyclic amines) is 1. The number of nitro groups is 1. The predicted molar refractivity (Wildman–Crippen MR) is 100 cm³/mol. The molecule has 0 unspecified atom stereocenters. The zero-order valence-corrected chi connectivity index (χ0v) is 15.8. The summed E-state index contributed by atoms with van der Waals surface area (Å²) >= 11 is 4.44. The lowest BCUT2D eigenvalue weighted by Crippen LogP contribution is -2.43. The Morgan fingerprint density at radius 1 is 1.46 bits per heavy atom. The molecule has 0 aromatic heterocycles. The van der Waals surface area contributed by atoms with Crippen LogP contribution in [0.3, 0.4) is 0 Å². The van der Waals surface area contributed by atoms with Crippen LogP contribution in [-0.4, -0.2) is 70.5 Å². The largest absolute Gasteiger partial charge is 0.445 e. The van der Waals surface area contributed by atoms with Crippen LogP contribution >= 0.6 is 12.6 Å². The Bertz CT molecular complexity index is 625. The van der Waals surface area contributed by atoms with E-state index in [4.69, 9.17) is 4.74 Å². The number of hydrogen-bond donors (Lipinski definition) is 2. The zero-order valence-electron chi connectivity index (χ0n) is 14.9. The maximum atomic E-state index is 12.4. The monoisotopic (exact) mass is 383 g/mol. The second-order valence-electron chi connectivity index (χ2n) is 6.75. The van der Waals surface area contributed by atoms with Crippen LogP contribution in [0, 0.1) is 10.1 Å². The van der Waals surface area contributed by atoms with Crippen molar-refractivity contribution in [3.8, 4) is 0 Å². The summed E-state index contributed by atoms with van der Waals surface area (Å²) in [5.74, 6) is 0. The summed E-state index contributed by atoms with van der Waals surface area (Å²) in [5.41, 5.74) is 0.650. The first-order chi connectivity index (χ1) is 12.3. The second-order valence-corrected chi connectivity index (χ2v) is 7.48. The molecular weight excluding hydrogens is 358 g/mol. The van der Waals surface area contributed by atoms with Gasteiger partial charge in [0.2, 0.25) is 0 Å². The summed E-state index contributed by atoms with van der Waals surface area (Å²) in [7, 11) is 3.86. The van der Waals surface area contributed by atoms with Gasteiger partial charge < -0.3 is 19.6 Å². The molecule has 1 heterocycles. The fourth-order valence-electron chi connectivity index (χ4n) is 2.94. The van der Waals surface area contributed by atoms with Crippen molar-refractivity contribution in [2.75, 3.05) is 27.2 Å². The average molecular weight is 383 g/mol. The maximum absolute atomic E-state index is 12.4. The first-order valence-electron chi connectivity index (χ1n) is 8.45. The molecule has 3 atom stereocenters. The SMILES string of the molecule is CN(C)CC[C@@H](O)[C@@H]1C[C@H](S)CN1C(=O)OCc1ccc([N+](=O)[O-])cc1. The summed E-state index contributed by atoms with van der Waals surface area (Å²) in [6, 6.07) is 5.54. The van der Waals surface area contributed by atoms with E-state index in [-0.39, 0.29) is 23.6 Å². The number of ether oxygens (including phenoxy) is 1. The minimum absolute atomic E-state index is 0.000862. The number of nitro benzene ring substituents is 1. The Morgan fingerprint density at radius 3 is 2.69 bits per heavy atom. The Morgan fingerprint density at radius 2 is 2.12 bits per heavy atom. The van der Waals surface area contributed by atoms with E-state index in [0.29, 0.717) is 24.9 Å². The van der Waals surface area contributed by atoms with Gasteiger partial charge in [0.1, 0.15) is 6.61 Å². The van der Waals surface area contributed by atoms with Crippen molar-refractivity contribution in [3.63, 3.8) is 0 Å². The van der Waals surface area contributed by atoms with E-state index in [1.54, 1.807) is 12.1 Å². The van der Waals surface area contributed by atoms with Crippen LogP contribution in [0.15, 0.2) is 24.3 Å². The molecule has 0 spiro atoms. The maximum Gasteiger partial charge on any atom is 0.410 e. The Balaban J connectivity index is 1.92. The van der Waals surface area contributed by atoms with E-state index < -0.39 is 17.1 Å². The molecule has 9 heteroatoms. The number of thiol groups is 1. The van der Waals surface area contributed by atoms with Crippen molar-refractivity contribution in [1.82, 2.24) is 9.80 Å². The zero-order chi connectivity index (χ0) is 19.3. The number of carbonyl (C=O) groups excluding carboxylic acids is 1. The highest BCUT2D eigenvalue weighted by atomic mass is 32.1. The normalized spacial score (nSPS) is 21.0. The first kappa shape index (κ1) is 20.5. The molecule has 1 aromatic rings. The van der Waals surface area contributed by atoms with Crippen LogP contribution in [0.2, 0.25) is 0 Å². The second kappa shape index (κ2) is 9.20. The van der Waals surface area contributed by atoms with E-state index in [1.807, 2.05) is 19.0 Å². The Labute approximate surface area is 158 Å². The molecule has 0 saturated carbocycles. The van der Waals surface area contributed by atoms with Gasteiger partial charge in [-0.2, -0.15) is 12.6 Å². The Kier molecular flexibility index (Phi) is 7.24. The highest BCUT2D eigenvalue weighted by Gasteiger charge is 2.38. The lowest BCUT2D eigenvalue weighted by molar-refractivity contribution is -0.384. The molecule has 1 saturated heterocycles. The molecule has 8 nitrogen and oxygen atoms in total. The molecule has 0 aliphatic carbocycles. The molecule has 1 aliphatic heterocycles. The first-order valence-corrected chi connectivity index (χ1v) is 8.97. The minimum atomic E-state index is -0.638. The highest BCUT2D eigenvalue weighted by molar-refractivity contribution is 7.81. The molecule has 2 rings (SSSR count). The number of hydrogen-bond acceptors (Lipinski definition) is 7. The molecule has 1 aromatic carbocycles.